The summed E-state index contributed by atoms with van der Waals surface area (Å²) >= 11 is 0. The number of ether oxygens (including phenoxy) is 2. The lowest BCUT2D eigenvalue weighted by Gasteiger charge is -2.35. The van der Waals surface area contributed by atoms with Gasteiger partial charge in [-0.1, -0.05) is 101 Å². The smallest absolute Gasteiger partial charge is 0.305 e. The SMILES string of the molecule is CCCC[C@H](NC(=O)[C@H](Cc1cccc2ccccc12)CS(=O)(=O)CC(O)COC(=O)CC)C(=O)N[C@@H](CC1CCCCC1)[C@@H](O)[C@@H](O)CN1CCOCC1. The van der Waals surface area contributed by atoms with Gasteiger partial charge in [0, 0.05) is 26.1 Å². The Hall–Kier alpha value is -3.14. The number of nitrogens with one attached hydrogen (secondary N) is 2. The number of rotatable bonds is 22. The van der Waals surface area contributed by atoms with E-state index in [1.54, 1.807) is 6.92 Å². The third kappa shape index (κ3) is 14.7. The molecule has 308 valence electrons. The average Bonchev–Trinajstić information content (AvgIpc) is 3.18. The lowest BCUT2D eigenvalue weighted by atomic mass is 9.83. The van der Waals surface area contributed by atoms with Gasteiger partial charge in [0.25, 0.3) is 0 Å². The number of nitrogens with zero attached hydrogens (tertiary/aromatic N) is 1. The van der Waals surface area contributed by atoms with Crippen molar-refractivity contribution in [1.82, 2.24) is 15.5 Å². The molecule has 0 bridgehead atoms. The van der Waals surface area contributed by atoms with Gasteiger partial charge in [-0.3, -0.25) is 19.3 Å². The molecule has 1 saturated carbocycles. The molecule has 14 heteroatoms. The summed E-state index contributed by atoms with van der Waals surface area (Å²) in [5.41, 5.74) is 0.755. The van der Waals surface area contributed by atoms with Gasteiger partial charge >= 0.3 is 5.97 Å². The van der Waals surface area contributed by atoms with Crippen LogP contribution in [0.15, 0.2) is 42.5 Å². The molecular weight excluding hydrogens is 727 g/mol. The molecule has 4 rings (SSSR count). The van der Waals surface area contributed by atoms with E-state index < -0.39 is 82.0 Å². The van der Waals surface area contributed by atoms with Crippen molar-refractivity contribution in [3.05, 3.63) is 48.0 Å². The van der Waals surface area contributed by atoms with Crippen LogP contribution in [0.25, 0.3) is 10.8 Å². The number of hydrogen-bond donors (Lipinski definition) is 5. The van der Waals surface area contributed by atoms with Gasteiger partial charge in [0.05, 0.1) is 42.8 Å². The third-order valence-corrected chi connectivity index (χ3v) is 12.6. The molecule has 6 atom stereocenters. The number of unbranched alkanes of at least 4 members (excludes halogenated alkanes) is 1. The highest BCUT2D eigenvalue weighted by atomic mass is 32.2. The number of amides is 2. The Balaban J connectivity index is 1.55. The van der Waals surface area contributed by atoms with Gasteiger partial charge < -0.3 is 35.4 Å². The zero-order chi connectivity index (χ0) is 39.8. The van der Waals surface area contributed by atoms with E-state index in [2.05, 4.69) is 10.6 Å². The van der Waals surface area contributed by atoms with Gasteiger partial charge in [0.2, 0.25) is 11.8 Å². The number of carbonyl (C=O) groups excluding carboxylic acids is 3. The van der Waals surface area contributed by atoms with Crippen LogP contribution in [0.4, 0.5) is 0 Å². The fourth-order valence-electron chi connectivity index (χ4n) is 7.71. The van der Waals surface area contributed by atoms with Crippen LogP contribution in [0.5, 0.6) is 0 Å². The highest BCUT2D eigenvalue weighted by molar-refractivity contribution is 7.91. The van der Waals surface area contributed by atoms with Crippen LogP contribution in [-0.4, -0.2) is 128 Å². The highest BCUT2D eigenvalue weighted by Crippen LogP contribution is 2.29. The first-order valence-electron chi connectivity index (χ1n) is 20.2. The first kappa shape index (κ1) is 44.6. The van der Waals surface area contributed by atoms with E-state index in [1.165, 1.54) is 0 Å². The minimum absolute atomic E-state index is 0.0478. The fourth-order valence-corrected chi connectivity index (χ4v) is 9.41. The van der Waals surface area contributed by atoms with Crippen LogP contribution in [0.3, 0.4) is 0 Å². The number of carbonyl (C=O) groups is 3. The van der Waals surface area contributed by atoms with Crippen molar-refractivity contribution >= 4 is 38.4 Å². The van der Waals surface area contributed by atoms with Crippen LogP contribution >= 0.6 is 0 Å². The molecule has 0 aromatic heterocycles. The Bertz CT molecular complexity index is 1610. The number of morpholine rings is 1. The molecule has 2 amide bonds. The predicted molar refractivity (Wildman–Crippen MR) is 211 cm³/mol. The standard InChI is InChI=1S/C41H63N3O10S/c1-3-5-18-35(41(50)43-36(23-29-12-7-6-8-13-29)39(48)37(46)25-44-19-21-53-22-20-44)42-40(49)32(24-31-16-11-15-30-14-9-10-17-34(30)31)27-55(51,52)28-33(45)26-54-38(47)4-2/h9-11,14-17,29,32-33,35-37,39,45-46,48H,3-8,12-13,18-28H2,1-2H3,(H,42,49)(H,43,50)/t32-,33?,35+,36+,37+,39-/m1/s1. The van der Waals surface area contributed by atoms with Crippen LogP contribution in [0.1, 0.15) is 83.6 Å². The van der Waals surface area contributed by atoms with E-state index in [9.17, 15) is 38.1 Å². The summed E-state index contributed by atoms with van der Waals surface area (Å²) in [7, 11) is -4.07. The van der Waals surface area contributed by atoms with Crippen molar-refractivity contribution in [3.8, 4) is 0 Å². The first-order valence-corrected chi connectivity index (χ1v) is 22.0. The summed E-state index contributed by atoms with van der Waals surface area (Å²) < 4.78 is 37.4. The summed E-state index contributed by atoms with van der Waals surface area (Å²) in [5.74, 6) is -3.88. The largest absolute Gasteiger partial charge is 0.463 e. The molecule has 5 N–H and O–H groups in total. The van der Waals surface area contributed by atoms with Gasteiger partial charge in [-0.15, -0.1) is 0 Å². The van der Waals surface area contributed by atoms with Gasteiger partial charge in [-0.25, -0.2) is 8.42 Å². The van der Waals surface area contributed by atoms with E-state index in [-0.39, 0.29) is 31.7 Å². The van der Waals surface area contributed by atoms with Crippen molar-refractivity contribution in [3.63, 3.8) is 0 Å². The van der Waals surface area contributed by atoms with Gasteiger partial charge in [0.1, 0.15) is 24.9 Å². The minimum atomic E-state index is -4.07. The van der Waals surface area contributed by atoms with E-state index in [1.807, 2.05) is 54.3 Å². The van der Waals surface area contributed by atoms with Crippen LogP contribution in [0, 0.1) is 11.8 Å². The molecular formula is C41H63N3O10S. The first-order chi connectivity index (χ1) is 26.4. The second-order valence-corrected chi connectivity index (χ2v) is 17.5. The molecule has 2 aromatic carbocycles. The van der Waals surface area contributed by atoms with E-state index in [4.69, 9.17) is 9.47 Å². The molecule has 2 aliphatic rings. The molecule has 1 saturated heterocycles. The van der Waals surface area contributed by atoms with E-state index in [0.29, 0.717) is 39.1 Å². The molecule has 0 radical (unpaired) electrons. The van der Waals surface area contributed by atoms with Crippen molar-refractivity contribution < 1.29 is 47.6 Å². The molecule has 13 nitrogen and oxygen atoms in total. The molecule has 55 heavy (non-hydrogen) atoms. The van der Waals surface area contributed by atoms with Gasteiger partial charge in [-0.05, 0) is 41.5 Å². The van der Waals surface area contributed by atoms with E-state index >= 15 is 0 Å². The van der Waals surface area contributed by atoms with E-state index in [0.717, 1.165) is 54.9 Å². The van der Waals surface area contributed by atoms with Crippen molar-refractivity contribution in [2.45, 2.75) is 115 Å². The topological polar surface area (TPSA) is 192 Å². The molecule has 1 aliphatic heterocycles. The normalized spacial score (nSPS) is 19.1. The number of aliphatic hydroxyl groups excluding tert-OH is 3. The maximum absolute atomic E-state index is 14.3. The maximum Gasteiger partial charge on any atom is 0.305 e. The second kappa shape index (κ2) is 22.6. The van der Waals surface area contributed by atoms with Crippen molar-refractivity contribution in [2.24, 2.45) is 11.8 Å². The maximum atomic E-state index is 14.3. The number of hydrogen-bond acceptors (Lipinski definition) is 11. The Labute approximate surface area is 326 Å². The average molecular weight is 790 g/mol. The fraction of sp³-hybridized carbons (Fsp3) is 0.683. The summed E-state index contributed by atoms with van der Waals surface area (Å²) in [5, 5.41) is 40.8. The molecule has 1 aliphatic carbocycles. The molecule has 2 aromatic rings. The second-order valence-electron chi connectivity index (χ2n) is 15.3. The van der Waals surface area contributed by atoms with Gasteiger partial charge in [-0.2, -0.15) is 0 Å². The quantitative estimate of drug-likeness (QED) is 0.110. The zero-order valence-electron chi connectivity index (χ0n) is 32.6. The Morgan fingerprint density at radius 3 is 2.35 bits per heavy atom. The minimum Gasteiger partial charge on any atom is -0.463 e. The lowest BCUT2D eigenvalue weighted by Crippen LogP contribution is -2.57. The lowest BCUT2D eigenvalue weighted by molar-refractivity contribution is -0.145. The summed E-state index contributed by atoms with van der Waals surface area (Å²) in [6.45, 7) is 5.66. The summed E-state index contributed by atoms with van der Waals surface area (Å²) in [6.07, 6.45) is 3.59. The third-order valence-electron chi connectivity index (χ3n) is 10.8. The molecule has 1 unspecified atom stereocenters. The Kier molecular flexibility index (Phi) is 18.3. The predicted octanol–water partition coefficient (Wildman–Crippen LogP) is 2.91. The highest BCUT2D eigenvalue weighted by Gasteiger charge is 2.35. The van der Waals surface area contributed by atoms with Crippen LogP contribution in [0.2, 0.25) is 0 Å². The number of benzene rings is 2. The van der Waals surface area contributed by atoms with Gasteiger partial charge in [0.15, 0.2) is 9.84 Å². The number of sulfone groups is 1. The number of esters is 1. The monoisotopic (exact) mass is 789 g/mol. The number of aliphatic hydroxyl groups is 3. The number of fused-ring (bicyclic) bond motifs is 1. The molecule has 2 fully saturated rings. The number of β-amino-alcohol motifs (C(OH)–C–C–N with tert-alkyl or cyclic N) is 1. The summed E-state index contributed by atoms with van der Waals surface area (Å²) in [6, 6.07) is 11.4. The molecule has 1 heterocycles. The van der Waals surface area contributed by atoms with Crippen molar-refractivity contribution in [1.29, 1.82) is 0 Å². The van der Waals surface area contributed by atoms with Crippen LogP contribution in [-0.2, 0) is 40.1 Å². The summed E-state index contributed by atoms with van der Waals surface area (Å²) in [4.78, 5) is 42.0. The van der Waals surface area contributed by atoms with Crippen LogP contribution < -0.4 is 10.6 Å². The Morgan fingerprint density at radius 2 is 1.64 bits per heavy atom. The van der Waals surface area contributed by atoms with Crippen molar-refractivity contribution in [2.75, 3.05) is 51.0 Å². The zero-order valence-corrected chi connectivity index (χ0v) is 33.4. The Morgan fingerprint density at radius 1 is 0.927 bits per heavy atom. The molecule has 0 spiro atoms.